The fourth-order valence-electron chi connectivity index (χ4n) is 3.03. The summed E-state index contributed by atoms with van der Waals surface area (Å²) in [6, 6.07) is 8.00. The van der Waals surface area contributed by atoms with Crippen molar-refractivity contribution in [2.75, 3.05) is 25.0 Å². The third-order valence-corrected chi connectivity index (χ3v) is 4.31. The van der Waals surface area contributed by atoms with Crippen LogP contribution in [0.25, 0.3) is 0 Å². The van der Waals surface area contributed by atoms with Gasteiger partial charge in [0.1, 0.15) is 5.76 Å². The van der Waals surface area contributed by atoms with Crippen molar-refractivity contribution in [3.63, 3.8) is 0 Å². The van der Waals surface area contributed by atoms with Crippen LogP contribution in [0.3, 0.4) is 0 Å². The molecule has 1 aromatic heterocycles. The summed E-state index contributed by atoms with van der Waals surface area (Å²) < 4.78 is 48.8. The molecule has 1 atom stereocenters. The molecule has 3 rings (SSSR count). The summed E-state index contributed by atoms with van der Waals surface area (Å²) in [5.74, 6) is 0.426. The second-order valence-corrected chi connectivity index (χ2v) is 6.51. The molecule has 8 heteroatoms. The number of carbonyl (C=O) groups is 1. The first-order valence-corrected chi connectivity index (χ1v) is 8.73. The number of hydrogen-bond donors (Lipinski definition) is 1. The van der Waals surface area contributed by atoms with Crippen LogP contribution in [-0.4, -0.2) is 36.6 Å². The number of furan rings is 1. The lowest BCUT2D eigenvalue weighted by atomic mass is 10.2. The second kappa shape index (κ2) is 8.58. The highest BCUT2D eigenvalue weighted by Crippen LogP contribution is 2.29. The molecule has 1 fully saturated rings. The number of anilines is 1. The predicted molar refractivity (Wildman–Crippen MR) is 93.0 cm³/mol. The summed E-state index contributed by atoms with van der Waals surface area (Å²) >= 11 is 0. The molecule has 1 unspecified atom stereocenters. The van der Waals surface area contributed by atoms with Gasteiger partial charge in [-0.15, -0.1) is 0 Å². The molecular weight excluding hydrogens is 361 g/mol. The normalized spacial score (nSPS) is 17.4. The Hall–Kier alpha value is -2.32. The first kappa shape index (κ1) is 19.4. The maximum absolute atomic E-state index is 12.6. The van der Waals surface area contributed by atoms with E-state index in [0.717, 1.165) is 37.3 Å². The zero-order valence-corrected chi connectivity index (χ0v) is 14.7. The summed E-state index contributed by atoms with van der Waals surface area (Å²) in [5.41, 5.74) is -0.429. The molecule has 2 aromatic rings. The Bertz CT molecular complexity index is 724. The van der Waals surface area contributed by atoms with Crippen molar-refractivity contribution < 1.29 is 27.1 Å². The fraction of sp³-hybridized carbons (Fsp3) is 0.421. The summed E-state index contributed by atoms with van der Waals surface area (Å²) in [7, 11) is 0. The van der Waals surface area contributed by atoms with E-state index in [1.165, 1.54) is 12.1 Å². The zero-order valence-electron chi connectivity index (χ0n) is 14.7. The molecular formula is C19H21F3N2O3. The quantitative estimate of drug-likeness (QED) is 0.789. The van der Waals surface area contributed by atoms with Crippen molar-refractivity contribution >= 4 is 11.6 Å². The summed E-state index contributed by atoms with van der Waals surface area (Å²) in [4.78, 5) is 14.3. The second-order valence-electron chi connectivity index (χ2n) is 6.51. The molecule has 1 aliphatic rings. The van der Waals surface area contributed by atoms with Gasteiger partial charge in [0.25, 0.3) is 0 Å². The maximum atomic E-state index is 12.6. The topological polar surface area (TPSA) is 54.7 Å². The molecule has 0 bridgehead atoms. The van der Waals surface area contributed by atoms with E-state index in [-0.39, 0.29) is 18.6 Å². The molecule has 0 radical (unpaired) electrons. The van der Waals surface area contributed by atoms with Crippen LogP contribution in [0.5, 0.6) is 0 Å². The highest BCUT2D eigenvalue weighted by atomic mass is 19.4. The van der Waals surface area contributed by atoms with Gasteiger partial charge < -0.3 is 14.5 Å². The number of nitrogens with one attached hydrogen (secondary N) is 1. The Labute approximate surface area is 155 Å². The van der Waals surface area contributed by atoms with Crippen LogP contribution in [0.15, 0.2) is 47.1 Å². The summed E-state index contributed by atoms with van der Waals surface area (Å²) in [6.45, 7) is 1.84. The minimum atomic E-state index is -4.40. The van der Waals surface area contributed by atoms with Crippen LogP contribution < -0.4 is 5.32 Å². The van der Waals surface area contributed by atoms with Crippen LogP contribution in [0.1, 0.15) is 24.2 Å². The van der Waals surface area contributed by atoms with E-state index < -0.39 is 11.7 Å². The van der Waals surface area contributed by atoms with E-state index >= 15 is 0 Å². The molecule has 1 amide bonds. The lowest BCUT2D eigenvalue weighted by Gasteiger charge is -2.23. The number of halogens is 3. The van der Waals surface area contributed by atoms with Crippen LogP contribution in [-0.2, 0) is 22.3 Å². The third kappa shape index (κ3) is 5.83. The van der Waals surface area contributed by atoms with Gasteiger partial charge in [-0.3, -0.25) is 9.69 Å². The molecule has 1 aliphatic heterocycles. The number of nitrogens with zero attached hydrogens (tertiary/aromatic N) is 1. The van der Waals surface area contributed by atoms with Gasteiger partial charge in [0.2, 0.25) is 5.91 Å². The summed E-state index contributed by atoms with van der Waals surface area (Å²) in [6.07, 6.45) is -0.823. The number of carbonyl (C=O) groups excluding carboxylic acids is 1. The van der Waals surface area contributed by atoms with E-state index in [4.69, 9.17) is 9.15 Å². The van der Waals surface area contributed by atoms with Crippen molar-refractivity contribution in [2.24, 2.45) is 0 Å². The third-order valence-electron chi connectivity index (χ3n) is 4.31. The van der Waals surface area contributed by atoms with Gasteiger partial charge in [-0.05, 0) is 49.2 Å². The summed E-state index contributed by atoms with van der Waals surface area (Å²) in [5, 5.41) is 2.64. The number of hydrogen-bond acceptors (Lipinski definition) is 4. The average Bonchev–Trinajstić information content (AvgIpc) is 3.28. The first-order valence-electron chi connectivity index (χ1n) is 8.73. The zero-order chi connectivity index (χ0) is 19.3. The molecule has 146 valence electrons. The van der Waals surface area contributed by atoms with E-state index in [0.29, 0.717) is 18.8 Å². The molecule has 1 saturated heterocycles. The van der Waals surface area contributed by atoms with Gasteiger partial charge in [-0.2, -0.15) is 13.2 Å². The van der Waals surface area contributed by atoms with Gasteiger partial charge in [0, 0.05) is 18.8 Å². The van der Waals surface area contributed by atoms with Gasteiger partial charge in [0.15, 0.2) is 0 Å². The first-order chi connectivity index (χ1) is 12.9. The van der Waals surface area contributed by atoms with Crippen LogP contribution in [0.2, 0.25) is 0 Å². The molecule has 5 nitrogen and oxygen atoms in total. The number of alkyl halides is 3. The molecule has 0 aliphatic carbocycles. The number of amides is 1. The Morgan fingerprint density at radius 2 is 2.00 bits per heavy atom. The molecule has 2 heterocycles. The van der Waals surface area contributed by atoms with E-state index in [1.807, 2.05) is 11.0 Å². The van der Waals surface area contributed by atoms with Gasteiger partial charge in [-0.25, -0.2) is 0 Å². The van der Waals surface area contributed by atoms with E-state index in [2.05, 4.69) is 5.32 Å². The van der Waals surface area contributed by atoms with Crippen molar-refractivity contribution in [1.29, 1.82) is 0 Å². The standard InChI is InChI=1S/C19H21F3N2O3/c20-19(21,22)14-5-7-15(8-6-14)23-18(25)13-24(11-16-3-1-9-26-16)12-17-4-2-10-27-17/h1,3,5-9,17H,2,4,10-13H2,(H,23,25). The smallest absolute Gasteiger partial charge is 0.416 e. The number of ether oxygens (including phenoxy) is 1. The largest absolute Gasteiger partial charge is 0.468 e. The van der Waals surface area contributed by atoms with Crippen LogP contribution in [0.4, 0.5) is 18.9 Å². The Kier molecular flexibility index (Phi) is 6.18. The van der Waals surface area contributed by atoms with Crippen molar-refractivity contribution in [3.8, 4) is 0 Å². The van der Waals surface area contributed by atoms with Crippen molar-refractivity contribution in [2.45, 2.75) is 31.7 Å². The van der Waals surface area contributed by atoms with Gasteiger partial charge >= 0.3 is 6.18 Å². The minimum Gasteiger partial charge on any atom is -0.468 e. The monoisotopic (exact) mass is 382 g/mol. The highest BCUT2D eigenvalue weighted by molar-refractivity contribution is 5.92. The van der Waals surface area contributed by atoms with Crippen molar-refractivity contribution in [1.82, 2.24) is 4.90 Å². The minimum absolute atomic E-state index is 0.0684. The molecule has 0 spiro atoms. The Morgan fingerprint density at radius 1 is 1.22 bits per heavy atom. The predicted octanol–water partition coefficient (Wildman–Crippen LogP) is 3.92. The SMILES string of the molecule is O=C(CN(Cc1ccco1)CC1CCCO1)Nc1ccc(C(F)(F)F)cc1. The van der Waals surface area contributed by atoms with Crippen LogP contribution >= 0.6 is 0 Å². The fourth-order valence-corrected chi connectivity index (χ4v) is 3.03. The van der Waals surface area contributed by atoms with Gasteiger partial charge in [-0.1, -0.05) is 0 Å². The lowest BCUT2D eigenvalue weighted by molar-refractivity contribution is -0.137. The molecule has 1 N–H and O–H groups in total. The number of rotatable bonds is 7. The molecule has 0 saturated carbocycles. The Morgan fingerprint density at radius 3 is 2.59 bits per heavy atom. The Balaban J connectivity index is 1.59. The average molecular weight is 382 g/mol. The number of benzene rings is 1. The van der Waals surface area contributed by atoms with Crippen LogP contribution in [0, 0.1) is 0 Å². The van der Waals surface area contributed by atoms with Gasteiger partial charge in [0.05, 0.1) is 31.0 Å². The van der Waals surface area contributed by atoms with E-state index in [9.17, 15) is 18.0 Å². The highest BCUT2D eigenvalue weighted by Gasteiger charge is 2.30. The van der Waals surface area contributed by atoms with E-state index in [1.54, 1.807) is 12.3 Å². The van der Waals surface area contributed by atoms with Crippen molar-refractivity contribution in [3.05, 3.63) is 54.0 Å². The lowest BCUT2D eigenvalue weighted by Crippen LogP contribution is -2.37. The molecule has 1 aromatic carbocycles. The maximum Gasteiger partial charge on any atom is 0.416 e. The molecule has 27 heavy (non-hydrogen) atoms.